The van der Waals surface area contributed by atoms with Crippen molar-refractivity contribution in [2.75, 3.05) is 19.0 Å². The molecule has 1 aliphatic heterocycles. The van der Waals surface area contributed by atoms with E-state index in [1.54, 1.807) is 13.3 Å². The smallest absolute Gasteiger partial charge is 0.226 e. The van der Waals surface area contributed by atoms with Crippen LogP contribution in [0, 0.1) is 13.8 Å². The molecule has 0 spiro atoms. The summed E-state index contributed by atoms with van der Waals surface area (Å²) in [4.78, 5) is 19.7. The third-order valence-electron chi connectivity index (χ3n) is 6.86. The first-order chi connectivity index (χ1) is 18.4. The molecule has 4 aromatic rings. The van der Waals surface area contributed by atoms with Gasteiger partial charge in [0.05, 0.1) is 24.9 Å². The maximum absolute atomic E-state index is 13.0. The topological polar surface area (TPSA) is 71.4 Å². The molecule has 0 radical (unpaired) electrons. The van der Waals surface area contributed by atoms with Crippen LogP contribution in [0.5, 0.6) is 5.75 Å². The van der Waals surface area contributed by atoms with Crippen LogP contribution in [-0.2, 0) is 4.79 Å². The van der Waals surface area contributed by atoms with Crippen LogP contribution in [0.4, 0.5) is 5.69 Å². The van der Waals surface area contributed by atoms with Crippen molar-refractivity contribution in [3.05, 3.63) is 108 Å². The Bertz CT molecular complexity index is 1450. The number of hydrogen-bond donors (Lipinski definition) is 2. The Morgan fingerprint density at radius 1 is 1.08 bits per heavy atom. The van der Waals surface area contributed by atoms with Crippen LogP contribution in [0.25, 0.3) is 5.69 Å². The Morgan fingerprint density at radius 3 is 2.74 bits per heavy atom. The molecule has 0 unspecified atom stereocenters. The van der Waals surface area contributed by atoms with Crippen molar-refractivity contribution in [2.45, 2.75) is 32.4 Å². The molecule has 2 N–H and O–H groups in total. The number of nitrogens with one attached hydrogen (secondary N) is 2. The largest absolute Gasteiger partial charge is 0.497 e. The van der Waals surface area contributed by atoms with Crippen LogP contribution in [0.1, 0.15) is 41.0 Å². The van der Waals surface area contributed by atoms with Crippen molar-refractivity contribution in [2.24, 2.45) is 0 Å². The molecule has 7 nitrogen and oxygen atoms in total. The van der Waals surface area contributed by atoms with E-state index in [0.717, 1.165) is 39.6 Å². The molecule has 1 amide bonds. The fourth-order valence-electron chi connectivity index (χ4n) is 4.90. The summed E-state index contributed by atoms with van der Waals surface area (Å²) in [5.41, 5.74) is 5.89. The predicted octanol–water partition coefficient (Wildman–Crippen LogP) is 5.50. The van der Waals surface area contributed by atoms with Crippen LogP contribution in [-0.4, -0.2) is 39.1 Å². The third-order valence-corrected chi connectivity index (χ3v) is 7.21. The van der Waals surface area contributed by atoms with E-state index < -0.39 is 0 Å². The monoisotopic (exact) mass is 525 g/mol. The average Bonchev–Trinajstić information content (AvgIpc) is 3.54. The van der Waals surface area contributed by atoms with E-state index in [4.69, 9.17) is 17.0 Å². The summed E-state index contributed by atoms with van der Waals surface area (Å²) in [5.74, 6) is 0.730. The molecule has 0 bridgehead atoms. The number of aryl methyl sites for hydroxylation is 2. The molecule has 0 aliphatic carbocycles. The van der Waals surface area contributed by atoms with Gasteiger partial charge in [-0.2, -0.15) is 0 Å². The zero-order valence-corrected chi connectivity index (χ0v) is 22.5. The maximum atomic E-state index is 13.0. The number of methoxy groups -OCH3 is 1. The number of carbonyl (C=O) groups is 1. The van der Waals surface area contributed by atoms with Crippen molar-refractivity contribution >= 4 is 28.9 Å². The fraction of sp³-hybridized carbons (Fsp3) is 0.233. The van der Waals surface area contributed by atoms with Crippen LogP contribution < -0.4 is 15.4 Å². The van der Waals surface area contributed by atoms with Gasteiger partial charge in [0.15, 0.2) is 5.11 Å². The molecule has 5 rings (SSSR count). The minimum Gasteiger partial charge on any atom is -0.497 e. The molecule has 0 saturated carbocycles. The average molecular weight is 526 g/mol. The lowest BCUT2D eigenvalue weighted by Gasteiger charge is -2.29. The first-order valence-corrected chi connectivity index (χ1v) is 13.0. The van der Waals surface area contributed by atoms with Gasteiger partial charge in [-0.3, -0.25) is 9.78 Å². The maximum Gasteiger partial charge on any atom is 0.226 e. The second-order valence-corrected chi connectivity index (χ2v) is 9.83. The van der Waals surface area contributed by atoms with Crippen molar-refractivity contribution in [3.8, 4) is 11.4 Å². The number of ether oxygens (including phenoxy) is 1. The summed E-state index contributed by atoms with van der Waals surface area (Å²) in [6, 6.07) is 23.7. The first kappa shape index (κ1) is 25.5. The van der Waals surface area contributed by atoms with Crippen LogP contribution in [0.3, 0.4) is 0 Å². The molecule has 3 heterocycles. The second kappa shape index (κ2) is 11.1. The van der Waals surface area contributed by atoms with Crippen molar-refractivity contribution < 1.29 is 9.53 Å². The SMILES string of the molecule is COc1cccc(-n2cccc2[C@H]2[C@@H](c3ccccn3)NC(=S)N2CCC(=O)Nc2cc(C)ccc2C)c1. The fourth-order valence-corrected chi connectivity index (χ4v) is 5.24. The lowest BCUT2D eigenvalue weighted by Crippen LogP contribution is -2.33. The highest BCUT2D eigenvalue weighted by molar-refractivity contribution is 7.80. The number of benzene rings is 2. The first-order valence-electron chi connectivity index (χ1n) is 12.6. The summed E-state index contributed by atoms with van der Waals surface area (Å²) in [5, 5.41) is 7.15. The quantitative estimate of drug-likeness (QED) is 0.296. The number of aromatic nitrogens is 2. The van der Waals surface area contributed by atoms with Gasteiger partial charge in [0.25, 0.3) is 0 Å². The molecule has 2 aromatic heterocycles. The summed E-state index contributed by atoms with van der Waals surface area (Å²) < 4.78 is 7.61. The molecule has 38 heavy (non-hydrogen) atoms. The number of pyridine rings is 1. The minimum absolute atomic E-state index is 0.0512. The predicted molar refractivity (Wildman–Crippen MR) is 154 cm³/mol. The number of rotatable bonds is 8. The third kappa shape index (κ3) is 5.26. The van der Waals surface area contributed by atoms with E-state index in [1.807, 2.05) is 86.8 Å². The molecule has 194 valence electrons. The number of hydrogen-bond acceptors (Lipinski definition) is 4. The minimum atomic E-state index is -0.176. The van der Waals surface area contributed by atoms with Gasteiger partial charge in [-0.05, 0) is 79.7 Å². The van der Waals surface area contributed by atoms with Crippen molar-refractivity contribution in [1.29, 1.82) is 0 Å². The number of thiocarbonyl (C=S) groups is 1. The molecule has 1 fully saturated rings. The second-order valence-electron chi connectivity index (χ2n) is 9.44. The van der Waals surface area contributed by atoms with E-state index in [2.05, 4.69) is 31.2 Å². The lowest BCUT2D eigenvalue weighted by atomic mass is 10.0. The van der Waals surface area contributed by atoms with Crippen LogP contribution in [0.15, 0.2) is 85.2 Å². The highest BCUT2D eigenvalue weighted by atomic mass is 32.1. The van der Waals surface area contributed by atoms with Gasteiger partial charge in [-0.25, -0.2) is 0 Å². The van der Waals surface area contributed by atoms with Gasteiger partial charge >= 0.3 is 0 Å². The summed E-state index contributed by atoms with van der Waals surface area (Å²) in [7, 11) is 1.66. The Labute approximate surface area is 228 Å². The molecule has 2 atom stereocenters. The van der Waals surface area contributed by atoms with Crippen molar-refractivity contribution in [1.82, 2.24) is 19.8 Å². The zero-order chi connectivity index (χ0) is 26.6. The number of carbonyl (C=O) groups excluding carboxylic acids is 1. The van der Waals surface area contributed by atoms with Gasteiger partial charge < -0.3 is 24.8 Å². The van der Waals surface area contributed by atoms with E-state index in [0.29, 0.717) is 18.1 Å². The molecule has 8 heteroatoms. The summed E-state index contributed by atoms with van der Waals surface area (Å²) in [6.45, 7) is 4.47. The summed E-state index contributed by atoms with van der Waals surface area (Å²) >= 11 is 5.81. The zero-order valence-electron chi connectivity index (χ0n) is 21.7. The number of anilines is 1. The molecular formula is C30H31N5O2S. The van der Waals surface area contributed by atoms with E-state index in [9.17, 15) is 4.79 Å². The molecule has 1 aliphatic rings. The van der Waals surface area contributed by atoms with Gasteiger partial charge in [-0.1, -0.05) is 24.3 Å². The Morgan fingerprint density at radius 2 is 1.95 bits per heavy atom. The standard InChI is InChI=1S/C30H31N5O2S/c1-20-12-13-21(2)25(18-20)32-27(36)14-17-35-29(28(33-30(35)38)24-10-4-5-15-31-24)26-11-7-16-34(26)22-8-6-9-23(19-22)37-3/h4-13,15-16,18-19,28-29H,14,17H2,1-3H3,(H,32,36)(H,33,38)/t28-,29+/m1/s1. The highest BCUT2D eigenvalue weighted by Gasteiger charge is 2.41. The lowest BCUT2D eigenvalue weighted by molar-refractivity contribution is -0.116. The summed E-state index contributed by atoms with van der Waals surface area (Å²) in [6.07, 6.45) is 4.12. The van der Waals surface area contributed by atoms with Gasteiger partial charge in [-0.15, -0.1) is 0 Å². The van der Waals surface area contributed by atoms with Crippen LogP contribution in [0.2, 0.25) is 0 Å². The normalized spacial score (nSPS) is 16.8. The van der Waals surface area contributed by atoms with Gasteiger partial charge in [0.1, 0.15) is 5.75 Å². The Balaban J connectivity index is 1.45. The number of nitrogens with zero attached hydrogens (tertiary/aromatic N) is 3. The number of amides is 1. The van der Waals surface area contributed by atoms with E-state index >= 15 is 0 Å². The van der Waals surface area contributed by atoms with E-state index in [-0.39, 0.29) is 18.0 Å². The molecular weight excluding hydrogens is 494 g/mol. The van der Waals surface area contributed by atoms with Crippen molar-refractivity contribution in [3.63, 3.8) is 0 Å². The van der Waals surface area contributed by atoms with Gasteiger partial charge in [0, 0.05) is 48.5 Å². The van der Waals surface area contributed by atoms with E-state index in [1.165, 1.54) is 0 Å². The van der Waals surface area contributed by atoms with Gasteiger partial charge in [0.2, 0.25) is 5.91 Å². The van der Waals surface area contributed by atoms with Crippen LogP contribution >= 0.6 is 12.2 Å². The molecule has 1 saturated heterocycles. The Kier molecular flexibility index (Phi) is 7.42. The Hall–Kier alpha value is -4.17. The highest BCUT2D eigenvalue weighted by Crippen LogP contribution is 2.39. The molecule has 2 aromatic carbocycles.